The summed E-state index contributed by atoms with van der Waals surface area (Å²) in [4.78, 5) is 38.5. The Bertz CT molecular complexity index is 1830. The first-order chi connectivity index (χ1) is 25.0. The smallest absolute Gasteiger partial charge is 0.224 e. The second-order valence-electron chi connectivity index (χ2n) is 16.2. The molecule has 0 bridgehead atoms. The van der Waals surface area contributed by atoms with Gasteiger partial charge >= 0.3 is 0 Å². The number of pyridine rings is 1. The second kappa shape index (κ2) is 16.4. The minimum atomic E-state index is -1.29. The number of hydrogen-bond acceptors (Lipinski definition) is 8. The fourth-order valence-electron chi connectivity index (χ4n) is 7.42. The predicted octanol–water partition coefficient (Wildman–Crippen LogP) is 7.42. The number of benzene rings is 1. The molecule has 2 fully saturated rings. The molecule has 1 spiro atoms. The topological polar surface area (TPSA) is 116 Å². The Morgan fingerprint density at radius 1 is 1.10 bits per heavy atom. The van der Waals surface area contributed by atoms with E-state index in [9.17, 15) is 9.59 Å². The molecule has 1 N–H and O–H groups in total. The van der Waals surface area contributed by atoms with Crippen molar-refractivity contribution in [2.24, 2.45) is 11.3 Å². The van der Waals surface area contributed by atoms with E-state index in [1.165, 1.54) is 0 Å². The fourth-order valence-corrected chi connectivity index (χ4v) is 8.18. The highest BCUT2D eigenvalue weighted by Gasteiger charge is 2.58. The van der Waals surface area contributed by atoms with Crippen molar-refractivity contribution in [2.75, 3.05) is 33.9 Å². The molecule has 1 aliphatic carbocycles. The number of ether oxygens (including phenoxy) is 2. The third-order valence-electron chi connectivity index (χ3n) is 11.0. The number of carbonyl (C=O) groups excluding carboxylic acids is 2. The van der Waals surface area contributed by atoms with Crippen LogP contribution in [0.1, 0.15) is 76.6 Å². The number of unbranched alkanes of at least 4 members (excludes halogenated alkanes) is 2. The van der Waals surface area contributed by atoms with E-state index < -0.39 is 8.07 Å². The van der Waals surface area contributed by atoms with Gasteiger partial charge in [-0.2, -0.15) is 5.10 Å². The van der Waals surface area contributed by atoms with E-state index in [4.69, 9.17) is 19.4 Å². The highest BCUT2D eigenvalue weighted by molar-refractivity contribution is 6.76. The zero-order valence-corrected chi connectivity index (χ0v) is 33.0. The standard InChI is InChI=1S/C40H57N7O4Si/c1-7-31(48)12-9-8-10-13-34(43-38(49)33-26-40(33)16-20-45(2)21-17-40)37-42-36(27-46(37)28-51-22-23-52(4,5)6)32-24-29-14-15-30(47-19-11-18-41-47)25-35(29)44-39(32)50-3/h11,14-15,18-19,24-25,27,33-34H,7-10,12-13,16-17,20-23,26,28H2,1-6H3,(H,43,49)/t33-,34?/m1/s1. The maximum absolute atomic E-state index is 14.0. The molecular formula is C40H57N7O4Si. The second-order valence-corrected chi connectivity index (χ2v) is 21.8. The molecule has 3 aromatic heterocycles. The molecule has 2 atom stereocenters. The SMILES string of the molecule is CCC(=O)CCCCCC(NC(=O)[C@H]1CC12CCN(C)CC2)c1nc(-c2cc3ccc(-n4cccn4)cc3nc2OC)cn1COCC[Si](C)(C)C. The van der Waals surface area contributed by atoms with Crippen LogP contribution in [0, 0.1) is 11.3 Å². The summed E-state index contributed by atoms with van der Waals surface area (Å²) in [7, 11) is 2.50. The van der Waals surface area contributed by atoms with Crippen molar-refractivity contribution in [3.05, 3.63) is 54.7 Å². The van der Waals surface area contributed by atoms with Crippen LogP contribution in [-0.2, 0) is 21.1 Å². The minimum absolute atomic E-state index is 0.0400. The largest absolute Gasteiger partial charge is 0.480 e. The molecule has 12 heteroatoms. The van der Waals surface area contributed by atoms with Gasteiger partial charge in [0.2, 0.25) is 11.8 Å². The van der Waals surface area contributed by atoms with Crippen molar-refractivity contribution in [3.63, 3.8) is 0 Å². The number of ketones is 1. The lowest BCUT2D eigenvalue weighted by atomic mass is 9.91. The molecule has 52 heavy (non-hydrogen) atoms. The van der Waals surface area contributed by atoms with Crippen LogP contribution in [0.2, 0.25) is 25.7 Å². The van der Waals surface area contributed by atoms with E-state index in [0.29, 0.717) is 37.8 Å². The first kappa shape index (κ1) is 37.9. The number of nitrogens with one attached hydrogen (secondary N) is 1. The Labute approximate surface area is 309 Å². The number of aromatic nitrogens is 5. The zero-order valence-electron chi connectivity index (χ0n) is 32.0. The van der Waals surface area contributed by atoms with E-state index >= 15 is 0 Å². The van der Waals surface area contributed by atoms with Gasteiger partial charge in [0, 0.05) is 57.4 Å². The van der Waals surface area contributed by atoms with Crippen LogP contribution < -0.4 is 10.1 Å². The maximum Gasteiger partial charge on any atom is 0.224 e. The summed E-state index contributed by atoms with van der Waals surface area (Å²) in [6, 6.07) is 10.8. The maximum atomic E-state index is 14.0. The van der Waals surface area contributed by atoms with Gasteiger partial charge in [0.25, 0.3) is 0 Å². The summed E-state index contributed by atoms with van der Waals surface area (Å²) in [6.07, 6.45) is 13.3. The minimum Gasteiger partial charge on any atom is -0.480 e. The van der Waals surface area contributed by atoms with Gasteiger partial charge in [-0.1, -0.05) is 45.5 Å². The van der Waals surface area contributed by atoms with Crippen molar-refractivity contribution in [1.82, 2.24) is 34.5 Å². The molecule has 1 aromatic carbocycles. The molecule has 1 saturated carbocycles. The summed E-state index contributed by atoms with van der Waals surface area (Å²) in [5, 5.41) is 8.80. The molecule has 280 valence electrons. The van der Waals surface area contributed by atoms with Crippen molar-refractivity contribution < 1.29 is 19.1 Å². The number of nitrogens with zero attached hydrogens (tertiary/aromatic N) is 6. The number of methoxy groups -OCH3 is 1. The summed E-state index contributed by atoms with van der Waals surface area (Å²) >= 11 is 0. The number of rotatable bonds is 18. The Kier molecular flexibility index (Phi) is 12.0. The van der Waals surface area contributed by atoms with Crippen LogP contribution in [0.4, 0.5) is 0 Å². The summed E-state index contributed by atoms with van der Waals surface area (Å²) in [5.74, 6) is 1.72. The third kappa shape index (κ3) is 9.19. The van der Waals surface area contributed by atoms with Crippen LogP contribution in [0.25, 0.3) is 27.8 Å². The Hall–Kier alpha value is -3.87. The fraction of sp³-hybridized carbons (Fsp3) is 0.575. The van der Waals surface area contributed by atoms with Crippen LogP contribution in [0.5, 0.6) is 5.88 Å². The molecule has 4 aromatic rings. The van der Waals surface area contributed by atoms with Crippen LogP contribution >= 0.6 is 0 Å². The van der Waals surface area contributed by atoms with E-state index in [1.807, 2.05) is 48.3 Å². The Morgan fingerprint density at radius 3 is 2.62 bits per heavy atom. The van der Waals surface area contributed by atoms with Crippen molar-refractivity contribution in [3.8, 4) is 22.8 Å². The van der Waals surface area contributed by atoms with Crippen molar-refractivity contribution >= 4 is 30.7 Å². The van der Waals surface area contributed by atoms with Crippen molar-refractivity contribution in [1.29, 1.82) is 0 Å². The molecule has 1 amide bonds. The molecule has 0 radical (unpaired) electrons. The summed E-state index contributed by atoms with van der Waals surface area (Å²) < 4.78 is 16.0. The number of likely N-dealkylation sites (tertiary alicyclic amines) is 1. The van der Waals surface area contributed by atoms with E-state index in [2.05, 4.69) is 52.6 Å². The first-order valence-electron chi connectivity index (χ1n) is 19.1. The average molecular weight is 728 g/mol. The number of fused-ring (bicyclic) bond motifs is 1. The number of Topliss-reactive ketones (excluding diaryl/α,β-unsaturated/α-hetero) is 1. The van der Waals surface area contributed by atoms with Gasteiger partial charge in [0.05, 0.1) is 35.6 Å². The Morgan fingerprint density at radius 2 is 1.90 bits per heavy atom. The lowest BCUT2D eigenvalue weighted by Crippen LogP contribution is -2.36. The van der Waals surface area contributed by atoms with Gasteiger partial charge in [-0.3, -0.25) is 9.59 Å². The highest BCUT2D eigenvalue weighted by Crippen LogP contribution is 2.59. The van der Waals surface area contributed by atoms with Crippen LogP contribution in [-0.4, -0.2) is 82.8 Å². The van der Waals surface area contributed by atoms with Gasteiger partial charge in [0.15, 0.2) is 0 Å². The molecule has 1 aliphatic heterocycles. The number of piperidine rings is 1. The molecule has 11 nitrogen and oxygen atoms in total. The quantitative estimate of drug-likeness (QED) is 0.0832. The number of carbonyl (C=O) groups is 2. The predicted molar refractivity (Wildman–Crippen MR) is 207 cm³/mol. The summed E-state index contributed by atoms with van der Waals surface area (Å²) in [6.45, 7) is 12.1. The Balaban J connectivity index is 1.31. The zero-order chi connectivity index (χ0) is 36.9. The summed E-state index contributed by atoms with van der Waals surface area (Å²) in [5.41, 5.74) is 3.33. The highest BCUT2D eigenvalue weighted by atomic mass is 28.3. The number of imidazole rings is 1. The average Bonchev–Trinajstić information content (AvgIpc) is 3.42. The molecule has 1 saturated heterocycles. The van der Waals surface area contributed by atoms with E-state index in [0.717, 1.165) is 97.8 Å². The molecular weight excluding hydrogens is 671 g/mol. The lowest BCUT2D eigenvalue weighted by Gasteiger charge is -2.30. The van der Waals surface area contributed by atoms with Gasteiger partial charge in [0.1, 0.15) is 18.3 Å². The van der Waals surface area contributed by atoms with E-state index in [-0.39, 0.29) is 23.3 Å². The third-order valence-corrected chi connectivity index (χ3v) is 12.7. The van der Waals surface area contributed by atoms with E-state index in [1.54, 1.807) is 13.3 Å². The first-order valence-corrected chi connectivity index (χ1v) is 22.8. The molecule has 6 rings (SSSR count). The monoisotopic (exact) mass is 727 g/mol. The van der Waals surface area contributed by atoms with Gasteiger partial charge in [-0.15, -0.1) is 0 Å². The van der Waals surface area contributed by atoms with Gasteiger partial charge in [-0.05, 0) is 88.0 Å². The van der Waals surface area contributed by atoms with Crippen LogP contribution in [0.3, 0.4) is 0 Å². The van der Waals surface area contributed by atoms with Gasteiger partial charge in [-0.25, -0.2) is 14.6 Å². The molecule has 1 unspecified atom stereocenters. The number of hydrogen-bond donors (Lipinski definition) is 1. The molecule has 4 heterocycles. The van der Waals surface area contributed by atoms with Crippen LogP contribution in [0.15, 0.2) is 48.9 Å². The molecule has 2 aliphatic rings. The van der Waals surface area contributed by atoms with Crippen molar-refractivity contribution in [2.45, 2.75) is 103 Å². The normalized spacial score (nSPS) is 17.8. The van der Waals surface area contributed by atoms with Gasteiger partial charge < -0.3 is 24.3 Å². The lowest BCUT2D eigenvalue weighted by molar-refractivity contribution is -0.124. The number of amides is 1.